The highest BCUT2D eigenvalue weighted by atomic mass is 19.1. The molecule has 1 aromatic heterocycles. The van der Waals surface area contributed by atoms with Crippen LogP contribution in [0.5, 0.6) is 0 Å². The van der Waals surface area contributed by atoms with Crippen LogP contribution in [-0.4, -0.2) is 59.0 Å². The molecule has 4 rings (SSSR count). The topological polar surface area (TPSA) is 74.1 Å². The van der Waals surface area contributed by atoms with Gasteiger partial charge in [0.25, 0.3) is 0 Å². The molecular formula is C24H26FN5O2. The van der Waals surface area contributed by atoms with Gasteiger partial charge in [-0.1, -0.05) is 53.7 Å². The van der Waals surface area contributed by atoms with Crippen LogP contribution >= 0.6 is 0 Å². The minimum absolute atomic E-state index is 0.251. The molecule has 32 heavy (non-hydrogen) atoms. The average Bonchev–Trinajstić information content (AvgIpc) is 2.79. The molecule has 1 N–H and O–H groups in total. The van der Waals surface area contributed by atoms with E-state index in [-0.39, 0.29) is 12.2 Å². The summed E-state index contributed by atoms with van der Waals surface area (Å²) in [5.41, 5.74) is 3.40. The third-order valence-corrected chi connectivity index (χ3v) is 5.28. The normalized spacial score (nSPS) is 13.2. The van der Waals surface area contributed by atoms with Crippen LogP contribution in [0, 0.1) is 5.82 Å². The number of hydrogen-bond acceptors (Lipinski definition) is 7. The van der Waals surface area contributed by atoms with E-state index in [4.69, 9.17) is 4.84 Å². The molecule has 2 heterocycles. The zero-order valence-corrected chi connectivity index (χ0v) is 18.0. The van der Waals surface area contributed by atoms with Crippen molar-refractivity contribution in [3.8, 4) is 11.1 Å². The van der Waals surface area contributed by atoms with Crippen LogP contribution in [0.25, 0.3) is 11.1 Å². The van der Waals surface area contributed by atoms with Crippen LogP contribution in [0.1, 0.15) is 11.1 Å². The van der Waals surface area contributed by atoms with Crippen molar-refractivity contribution in [2.75, 3.05) is 38.2 Å². The van der Waals surface area contributed by atoms with Gasteiger partial charge in [0.05, 0.1) is 25.4 Å². The molecule has 0 spiro atoms. The summed E-state index contributed by atoms with van der Waals surface area (Å²) in [4.78, 5) is 18.3. The van der Waals surface area contributed by atoms with Crippen molar-refractivity contribution >= 4 is 11.7 Å². The lowest BCUT2D eigenvalue weighted by Gasteiger charge is -2.31. The SMILES string of the molecule is CN(CCON=C1CN(c2ncc(-c3cccc(CO)c3F)cn2)C1)Cc1ccccc1. The third kappa shape index (κ3) is 5.27. The highest BCUT2D eigenvalue weighted by molar-refractivity contribution is 5.98. The lowest BCUT2D eigenvalue weighted by molar-refractivity contribution is 0.116. The van der Waals surface area contributed by atoms with Gasteiger partial charge in [-0.05, 0) is 12.6 Å². The zero-order chi connectivity index (χ0) is 22.3. The Morgan fingerprint density at radius 1 is 1.09 bits per heavy atom. The predicted octanol–water partition coefficient (Wildman–Crippen LogP) is 3.10. The molecule has 1 aliphatic rings. The summed E-state index contributed by atoms with van der Waals surface area (Å²) in [6, 6.07) is 15.2. The van der Waals surface area contributed by atoms with Gasteiger partial charge in [-0.25, -0.2) is 14.4 Å². The molecule has 0 atom stereocenters. The molecule has 1 aliphatic heterocycles. The van der Waals surface area contributed by atoms with E-state index in [1.807, 2.05) is 23.1 Å². The number of benzene rings is 2. The first-order valence-electron chi connectivity index (χ1n) is 10.5. The van der Waals surface area contributed by atoms with E-state index in [0.29, 0.717) is 36.8 Å². The molecule has 0 saturated carbocycles. The molecule has 8 heteroatoms. The second-order valence-electron chi connectivity index (χ2n) is 7.78. The average molecular weight is 436 g/mol. The number of aliphatic hydroxyl groups excluding tert-OH is 1. The van der Waals surface area contributed by atoms with Crippen LogP contribution < -0.4 is 4.90 Å². The first-order valence-corrected chi connectivity index (χ1v) is 10.5. The van der Waals surface area contributed by atoms with Crippen LogP contribution in [0.2, 0.25) is 0 Å². The molecular weight excluding hydrogens is 409 g/mol. The van der Waals surface area contributed by atoms with E-state index in [1.54, 1.807) is 30.6 Å². The Labute approximate surface area is 186 Å². The Morgan fingerprint density at radius 2 is 1.84 bits per heavy atom. The highest BCUT2D eigenvalue weighted by Crippen LogP contribution is 2.25. The fraction of sp³-hybridized carbons (Fsp3) is 0.292. The van der Waals surface area contributed by atoms with Crippen molar-refractivity contribution < 1.29 is 14.3 Å². The van der Waals surface area contributed by atoms with Gasteiger partial charge in [0.1, 0.15) is 12.4 Å². The van der Waals surface area contributed by atoms with Gasteiger partial charge >= 0.3 is 0 Å². The Hall–Kier alpha value is -3.36. The summed E-state index contributed by atoms with van der Waals surface area (Å²) in [5, 5.41) is 13.4. The largest absolute Gasteiger partial charge is 0.394 e. The molecule has 3 aromatic rings. The molecule has 0 amide bonds. The van der Waals surface area contributed by atoms with Gasteiger partial charge in [-0.3, -0.25) is 4.90 Å². The predicted molar refractivity (Wildman–Crippen MR) is 122 cm³/mol. The molecule has 2 aromatic carbocycles. The molecule has 7 nitrogen and oxygen atoms in total. The van der Waals surface area contributed by atoms with Crippen molar-refractivity contribution in [1.29, 1.82) is 0 Å². The Morgan fingerprint density at radius 3 is 2.56 bits per heavy atom. The summed E-state index contributed by atoms with van der Waals surface area (Å²) < 4.78 is 14.4. The number of anilines is 1. The minimum Gasteiger partial charge on any atom is -0.394 e. The van der Waals surface area contributed by atoms with E-state index in [2.05, 4.69) is 39.2 Å². The van der Waals surface area contributed by atoms with E-state index >= 15 is 0 Å². The number of aliphatic hydroxyl groups is 1. The number of aromatic nitrogens is 2. The molecule has 166 valence electrons. The second kappa shape index (κ2) is 10.3. The first-order chi connectivity index (χ1) is 15.6. The zero-order valence-electron chi connectivity index (χ0n) is 18.0. The second-order valence-corrected chi connectivity index (χ2v) is 7.78. The lowest BCUT2D eigenvalue weighted by Crippen LogP contribution is -2.48. The van der Waals surface area contributed by atoms with Crippen molar-refractivity contribution in [3.05, 3.63) is 77.9 Å². The van der Waals surface area contributed by atoms with Crippen molar-refractivity contribution in [2.24, 2.45) is 5.16 Å². The number of nitrogens with zero attached hydrogens (tertiary/aromatic N) is 5. The highest BCUT2D eigenvalue weighted by Gasteiger charge is 2.25. The Balaban J connectivity index is 1.23. The van der Waals surface area contributed by atoms with Gasteiger partial charge in [0.15, 0.2) is 0 Å². The number of oxime groups is 1. The summed E-state index contributed by atoms with van der Waals surface area (Å²) in [5.74, 6) is 0.116. The summed E-state index contributed by atoms with van der Waals surface area (Å²) in [6.45, 7) is 3.04. The van der Waals surface area contributed by atoms with E-state index in [9.17, 15) is 9.50 Å². The fourth-order valence-electron chi connectivity index (χ4n) is 3.45. The van der Waals surface area contributed by atoms with Gasteiger partial charge in [0.2, 0.25) is 5.95 Å². The first kappa shape index (κ1) is 21.9. The number of hydrogen-bond donors (Lipinski definition) is 1. The van der Waals surface area contributed by atoms with Crippen LogP contribution in [0.15, 0.2) is 66.1 Å². The molecule has 0 radical (unpaired) electrons. The van der Waals surface area contributed by atoms with Crippen LogP contribution in [0.4, 0.5) is 10.3 Å². The van der Waals surface area contributed by atoms with E-state index in [1.165, 1.54) is 5.56 Å². The number of halogens is 1. The third-order valence-electron chi connectivity index (χ3n) is 5.28. The van der Waals surface area contributed by atoms with Gasteiger partial charge in [-0.15, -0.1) is 0 Å². The van der Waals surface area contributed by atoms with Crippen molar-refractivity contribution in [3.63, 3.8) is 0 Å². The molecule has 0 unspecified atom stereocenters. The quantitative estimate of drug-likeness (QED) is 0.411. The maximum atomic E-state index is 14.4. The monoisotopic (exact) mass is 435 g/mol. The van der Waals surface area contributed by atoms with Crippen LogP contribution in [0.3, 0.4) is 0 Å². The maximum Gasteiger partial charge on any atom is 0.225 e. The maximum absolute atomic E-state index is 14.4. The van der Waals surface area contributed by atoms with Gasteiger partial charge in [-0.2, -0.15) is 0 Å². The molecule has 1 saturated heterocycles. The number of rotatable bonds is 9. The fourth-order valence-corrected chi connectivity index (χ4v) is 3.45. The molecule has 0 aliphatic carbocycles. The Bertz CT molecular complexity index is 1050. The molecule has 1 fully saturated rings. The standard InChI is InChI=1S/C24H26FN5O2/c1-29(14-18-6-3-2-4-7-18)10-11-32-28-21-15-30(16-21)24-26-12-20(13-27-24)22-9-5-8-19(17-31)23(22)25/h2-9,12-13,31H,10-11,14-17H2,1H3. The van der Waals surface area contributed by atoms with Crippen LogP contribution in [-0.2, 0) is 18.0 Å². The lowest BCUT2D eigenvalue weighted by atomic mass is 10.1. The molecule has 0 bridgehead atoms. The van der Waals surface area contributed by atoms with Crippen molar-refractivity contribution in [2.45, 2.75) is 13.2 Å². The smallest absolute Gasteiger partial charge is 0.225 e. The minimum atomic E-state index is -0.448. The number of likely N-dealkylation sites (N-methyl/N-ethyl adjacent to an activating group) is 1. The summed E-state index contributed by atoms with van der Waals surface area (Å²) in [6.07, 6.45) is 3.19. The summed E-state index contributed by atoms with van der Waals surface area (Å²) >= 11 is 0. The van der Waals surface area contributed by atoms with Gasteiger partial charge in [0, 0.05) is 42.2 Å². The van der Waals surface area contributed by atoms with E-state index < -0.39 is 5.82 Å². The van der Waals surface area contributed by atoms with Gasteiger partial charge < -0.3 is 14.8 Å². The van der Waals surface area contributed by atoms with Crippen molar-refractivity contribution in [1.82, 2.24) is 14.9 Å². The summed E-state index contributed by atoms with van der Waals surface area (Å²) in [7, 11) is 2.06. The Kier molecular flexibility index (Phi) is 7.03. The van der Waals surface area contributed by atoms with E-state index in [0.717, 1.165) is 18.8 Å².